The molecule has 0 bridgehead atoms. The maximum absolute atomic E-state index is 12.6. The predicted octanol–water partition coefficient (Wildman–Crippen LogP) is 4.29. The van der Waals surface area contributed by atoms with Crippen LogP contribution in [0.5, 0.6) is 0 Å². The molecule has 0 radical (unpaired) electrons. The molecule has 1 aliphatic rings. The normalized spacial score (nSPS) is 15.6. The lowest BCUT2D eigenvalue weighted by atomic mass is 10.2. The molecule has 0 unspecified atom stereocenters. The molecule has 1 aromatic heterocycles. The molecule has 6 nitrogen and oxygen atoms in total. The van der Waals surface area contributed by atoms with Crippen molar-refractivity contribution in [2.24, 2.45) is 0 Å². The van der Waals surface area contributed by atoms with Gasteiger partial charge in [-0.15, -0.1) is 0 Å². The minimum absolute atomic E-state index is 0.202. The quantitative estimate of drug-likeness (QED) is 0.544. The first-order valence-corrected chi connectivity index (χ1v) is 11.5. The Morgan fingerprint density at radius 1 is 1.09 bits per heavy atom. The van der Waals surface area contributed by atoms with Crippen LogP contribution in [0.1, 0.15) is 17.5 Å². The Hall–Kier alpha value is -2.67. The number of imidazole rings is 1. The number of halogens is 1. The summed E-state index contributed by atoms with van der Waals surface area (Å²) in [6.07, 6.45) is 4.31. The molecule has 32 heavy (non-hydrogen) atoms. The highest BCUT2D eigenvalue weighted by atomic mass is 35.5. The standard InChI is InChI=1S/C25H30ClN5O/c1-19-4-10-23-22(18-19)27-25(28-24(32)11-7-20-5-8-21(26)9-6-20)31(23)13-3-12-30-16-14-29(2)15-17-30/h4-11,18H,3,12-17H2,1-2H3,(H,27,28,32). The van der Waals surface area contributed by atoms with E-state index in [4.69, 9.17) is 16.6 Å². The van der Waals surface area contributed by atoms with Crippen molar-refractivity contribution < 1.29 is 4.79 Å². The minimum Gasteiger partial charge on any atom is -0.310 e. The summed E-state index contributed by atoms with van der Waals surface area (Å²) in [7, 11) is 2.17. The van der Waals surface area contributed by atoms with Crippen molar-refractivity contribution in [2.45, 2.75) is 19.9 Å². The number of rotatable bonds is 7. The zero-order chi connectivity index (χ0) is 22.5. The molecule has 1 N–H and O–H groups in total. The summed E-state index contributed by atoms with van der Waals surface area (Å²) in [6.45, 7) is 8.37. The van der Waals surface area contributed by atoms with E-state index in [2.05, 4.69) is 51.9 Å². The third kappa shape index (κ3) is 5.76. The average molecular weight is 452 g/mol. The molecule has 0 atom stereocenters. The summed E-state index contributed by atoms with van der Waals surface area (Å²) in [5.74, 6) is 0.391. The van der Waals surface area contributed by atoms with Crippen molar-refractivity contribution in [3.8, 4) is 0 Å². The number of anilines is 1. The van der Waals surface area contributed by atoms with Crippen molar-refractivity contribution in [3.63, 3.8) is 0 Å². The molecule has 1 amide bonds. The lowest BCUT2D eigenvalue weighted by molar-refractivity contribution is -0.111. The van der Waals surface area contributed by atoms with Crippen LogP contribution in [0.25, 0.3) is 17.1 Å². The van der Waals surface area contributed by atoms with Crippen LogP contribution in [0.2, 0.25) is 5.02 Å². The number of aryl methyl sites for hydroxylation is 2. The summed E-state index contributed by atoms with van der Waals surface area (Å²) in [5.41, 5.74) is 4.02. The van der Waals surface area contributed by atoms with Crippen LogP contribution in [0.4, 0.5) is 5.95 Å². The number of nitrogens with zero attached hydrogens (tertiary/aromatic N) is 4. The molecular formula is C25H30ClN5O. The molecule has 2 heterocycles. The third-order valence-electron chi connectivity index (χ3n) is 5.89. The molecule has 168 valence electrons. The van der Waals surface area contributed by atoms with Crippen molar-refractivity contribution in [1.29, 1.82) is 0 Å². The number of hydrogen-bond donors (Lipinski definition) is 1. The first kappa shape index (κ1) is 22.5. The van der Waals surface area contributed by atoms with E-state index in [0.29, 0.717) is 11.0 Å². The van der Waals surface area contributed by atoms with Gasteiger partial charge in [0.1, 0.15) is 0 Å². The summed E-state index contributed by atoms with van der Waals surface area (Å²) in [4.78, 5) is 22.2. The molecule has 1 aliphatic heterocycles. The molecule has 0 spiro atoms. The Kier molecular flexibility index (Phi) is 7.25. The van der Waals surface area contributed by atoms with E-state index in [-0.39, 0.29) is 5.91 Å². The second kappa shape index (κ2) is 10.3. The lowest BCUT2D eigenvalue weighted by Crippen LogP contribution is -2.44. The van der Waals surface area contributed by atoms with Gasteiger partial charge in [-0.05, 0) is 68.4 Å². The van der Waals surface area contributed by atoms with Gasteiger partial charge in [0.25, 0.3) is 5.91 Å². The number of fused-ring (bicyclic) bond motifs is 1. The van der Waals surface area contributed by atoms with Gasteiger partial charge in [0.05, 0.1) is 11.0 Å². The largest absolute Gasteiger partial charge is 0.310 e. The average Bonchev–Trinajstić information content (AvgIpc) is 3.10. The highest BCUT2D eigenvalue weighted by Crippen LogP contribution is 2.22. The van der Waals surface area contributed by atoms with E-state index in [1.807, 2.05) is 12.1 Å². The predicted molar refractivity (Wildman–Crippen MR) is 132 cm³/mol. The Morgan fingerprint density at radius 2 is 1.84 bits per heavy atom. The second-order valence-corrected chi connectivity index (χ2v) is 8.89. The SMILES string of the molecule is Cc1ccc2c(c1)nc(NC(=O)C=Cc1ccc(Cl)cc1)n2CCCN1CCN(C)CC1. The molecule has 0 saturated carbocycles. The lowest BCUT2D eigenvalue weighted by Gasteiger charge is -2.32. The molecule has 2 aromatic carbocycles. The molecule has 4 rings (SSSR count). The Labute approximate surface area is 194 Å². The van der Waals surface area contributed by atoms with Crippen LogP contribution in [-0.4, -0.2) is 65.0 Å². The number of carbonyl (C=O) groups is 1. The summed E-state index contributed by atoms with van der Waals surface area (Å²) in [6, 6.07) is 13.6. The number of carbonyl (C=O) groups excluding carboxylic acids is 1. The number of benzene rings is 2. The van der Waals surface area contributed by atoms with Crippen LogP contribution in [-0.2, 0) is 11.3 Å². The van der Waals surface area contributed by atoms with Crippen LogP contribution in [0.3, 0.4) is 0 Å². The van der Waals surface area contributed by atoms with Crippen molar-refractivity contribution in [1.82, 2.24) is 19.4 Å². The second-order valence-electron chi connectivity index (χ2n) is 8.45. The summed E-state index contributed by atoms with van der Waals surface area (Å²) in [5, 5.41) is 3.65. The summed E-state index contributed by atoms with van der Waals surface area (Å²) < 4.78 is 2.12. The van der Waals surface area contributed by atoms with Gasteiger partial charge in [0.15, 0.2) is 0 Å². The van der Waals surface area contributed by atoms with E-state index in [1.54, 1.807) is 18.2 Å². The van der Waals surface area contributed by atoms with Gasteiger partial charge >= 0.3 is 0 Å². The smallest absolute Gasteiger partial charge is 0.250 e. The first-order chi connectivity index (χ1) is 15.5. The van der Waals surface area contributed by atoms with E-state index in [9.17, 15) is 4.79 Å². The highest BCUT2D eigenvalue weighted by Gasteiger charge is 2.15. The fourth-order valence-corrected chi connectivity index (χ4v) is 4.11. The molecular weight excluding hydrogens is 422 g/mol. The molecule has 3 aromatic rings. The van der Waals surface area contributed by atoms with E-state index in [0.717, 1.165) is 67.8 Å². The van der Waals surface area contributed by atoms with E-state index in [1.165, 1.54) is 6.08 Å². The zero-order valence-electron chi connectivity index (χ0n) is 18.7. The van der Waals surface area contributed by atoms with Crippen LogP contribution >= 0.6 is 11.6 Å². The monoisotopic (exact) mass is 451 g/mol. The molecule has 0 aliphatic carbocycles. The van der Waals surface area contributed by atoms with Crippen molar-refractivity contribution in [2.75, 3.05) is 45.1 Å². The van der Waals surface area contributed by atoms with Gasteiger partial charge in [-0.25, -0.2) is 4.98 Å². The number of aromatic nitrogens is 2. The Bertz CT molecular complexity index is 1100. The van der Waals surface area contributed by atoms with Gasteiger partial charge in [0, 0.05) is 43.8 Å². The summed E-state index contributed by atoms with van der Waals surface area (Å²) >= 11 is 5.93. The van der Waals surface area contributed by atoms with Crippen molar-refractivity contribution >= 4 is 40.6 Å². The fraction of sp³-hybridized carbons (Fsp3) is 0.360. The Morgan fingerprint density at radius 3 is 2.59 bits per heavy atom. The number of piperazine rings is 1. The topological polar surface area (TPSA) is 53.4 Å². The van der Waals surface area contributed by atoms with Crippen LogP contribution in [0, 0.1) is 6.92 Å². The zero-order valence-corrected chi connectivity index (χ0v) is 19.5. The molecule has 1 fully saturated rings. The molecule has 7 heteroatoms. The number of likely N-dealkylation sites (N-methyl/N-ethyl adjacent to an activating group) is 1. The van der Waals surface area contributed by atoms with Gasteiger partial charge in [-0.1, -0.05) is 29.8 Å². The van der Waals surface area contributed by atoms with Gasteiger partial charge in [-0.3, -0.25) is 10.1 Å². The molecule has 1 saturated heterocycles. The minimum atomic E-state index is -0.202. The maximum atomic E-state index is 12.6. The van der Waals surface area contributed by atoms with Gasteiger partial charge < -0.3 is 14.4 Å². The van der Waals surface area contributed by atoms with Crippen LogP contribution < -0.4 is 5.32 Å². The van der Waals surface area contributed by atoms with Crippen molar-refractivity contribution in [3.05, 3.63) is 64.7 Å². The number of nitrogens with one attached hydrogen (secondary N) is 1. The maximum Gasteiger partial charge on any atom is 0.250 e. The Balaban J connectivity index is 1.46. The number of amides is 1. The highest BCUT2D eigenvalue weighted by molar-refractivity contribution is 6.30. The first-order valence-electron chi connectivity index (χ1n) is 11.1. The third-order valence-corrected chi connectivity index (χ3v) is 6.14. The van der Waals surface area contributed by atoms with Gasteiger partial charge in [0.2, 0.25) is 5.95 Å². The van der Waals surface area contributed by atoms with Gasteiger partial charge in [-0.2, -0.15) is 0 Å². The fourth-order valence-electron chi connectivity index (χ4n) is 3.98. The number of hydrogen-bond acceptors (Lipinski definition) is 4. The van der Waals surface area contributed by atoms with E-state index >= 15 is 0 Å². The van der Waals surface area contributed by atoms with Crippen LogP contribution in [0.15, 0.2) is 48.5 Å². The van der Waals surface area contributed by atoms with E-state index < -0.39 is 0 Å².